The first-order valence-electron chi connectivity index (χ1n) is 7.14. The van der Waals surface area contributed by atoms with Crippen molar-refractivity contribution >= 4 is 0 Å². The molecule has 2 aliphatic rings. The van der Waals surface area contributed by atoms with Crippen LogP contribution in [0.1, 0.15) is 58.3 Å². The van der Waals surface area contributed by atoms with Crippen LogP contribution in [0.2, 0.25) is 0 Å². The highest BCUT2D eigenvalue weighted by Gasteiger charge is 2.30. The molecule has 0 aromatic carbocycles. The Morgan fingerprint density at radius 1 is 0.875 bits per heavy atom. The Morgan fingerprint density at radius 3 is 2.19 bits per heavy atom. The monoisotopic (exact) mass is 226 g/mol. The zero-order valence-electron chi connectivity index (χ0n) is 10.6. The maximum Gasteiger partial charge on any atom is 0.0876 e. The first-order chi connectivity index (χ1) is 7.90. The summed E-state index contributed by atoms with van der Waals surface area (Å²) >= 11 is 0. The molecule has 2 fully saturated rings. The standard InChI is InChI=1S/C14H26O2/c1-2-3-4-5-12-6-8-13(9-7-12)14-10-15-16-11-14/h12-14H,2-11H2,1H3. The molecule has 0 aromatic rings. The van der Waals surface area contributed by atoms with Gasteiger partial charge in [-0.3, -0.25) is 0 Å². The van der Waals surface area contributed by atoms with Gasteiger partial charge in [-0.25, -0.2) is 9.78 Å². The third-order valence-corrected chi connectivity index (χ3v) is 4.42. The summed E-state index contributed by atoms with van der Waals surface area (Å²) in [5.41, 5.74) is 0. The molecule has 1 saturated heterocycles. The Bertz CT molecular complexity index is 179. The van der Waals surface area contributed by atoms with Crippen LogP contribution in [0.5, 0.6) is 0 Å². The summed E-state index contributed by atoms with van der Waals surface area (Å²) in [6.45, 7) is 3.97. The summed E-state index contributed by atoms with van der Waals surface area (Å²) in [4.78, 5) is 10.0. The molecule has 0 bridgehead atoms. The molecule has 1 saturated carbocycles. The topological polar surface area (TPSA) is 18.5 Å². The molecule has 0 radical (unpaired) electrons. The Hall–Kier alpha value is -0.0800. The fraction of sp³-hybridized carbons (Fsp3) is 1.00. The van der Waals surface area contributed by atoms with Gasteiger partial charge in [-0.1, -0.05) is 45.4 Å². The van der Waals surface area contributed by atoms with Crippen LogP contribution in [0.3, 0.4) is 0 Å². The molecule has 0 atom stereocenters. The van der Waals surface area contributed by atoms with Crippen LogP contribution in [0.25, 0.3) is 0 Å². The molecule has 2 heteroatoms. The lowest BCUT2D eigenvalue weighted by atomic mass is 9.75. The first-order valence-corrected chi connectivity index (χ1v) is 7.14. The molecule has 1 aliphatic heterocycles. The highest BCUT2D eigenvalue weighted by atomic mass is 17.2. The predicted molar refractivity (Wildman–Crippen MR) is 65.0 cm³/mol. The smallest absolute Gasteiger partial charge is 0.0876 e. The summed E-state index contributed by atoms with van der Waals surface area (Å²) in [5, 5.41) is 0. The second-order valence-corrected chi connectivity index (χ2v) is 5.61. The van der Waals surface area contributed by atoms with Crippen molar-refractivity contribution in [2.75, 3.05) is 13.2 Å². The van der Waals surface area contributed by atoms with Crippen LogP contribution in [0.4, 0.5) is 0 Å². The van der Waals surface area contributed by atoms with Crippen molar-refractivity contribution in [3.05, 3.63) is 0 Å². The minimum absolute atomic E-state index is 0.691. The molecule has 0 spiro atoms. The molecule has 0 unspecified atom stereocenters. The summed E-state index contributed by atoms with van der Waals surface area (Å²) in [6.07, 6.45) is 11.4. The molecular weight excluding hydrogens is 200 g/mol. The van der Waals surface area contributed by atoms with Crippen molar-refractivity contribution in [2.45, 2.75) is 58.3 Å². The highest BCUT2D eigenvalue weighted by Crippen LogP contribution is 2.37. The maximum atomic E-state index is 5.02. The second kappa shape index (κ2) is 6.61. The lowest BCUT2D eigenvalue weighted by Crippen LogP contribution is -2.23. The highest BCUT2D eigenvalue weighted by molar-refractivity contribution is 4.78. The van der Waals surface area contributed by atoms with Gasteiger partial charge in [-0.2, -0.15) is 0 Å². The fourth-order valence-electron chi connectivity index (χ4n) is 3.22. The minimum atomic E-state index is 0.691. The van der Waals surface area contributed by atoms with E-state index in [0.717, 1.165) is 25.0 Å². The SMILES string of the molecule is CCCCCC1CCC(C2COOC2)CC1. The Morgan fingerprint density at radius 2 is 1.56 bits per heavy atom. The molecular formula is C14H26O2. The van der Waals surface area contributed by atoms with Gasteiger partial charge >= 0.3 is 0 Å². The minimum Gasteiger partial charge on any atom is -0.236 e. The number of rotatable bonds is 5. The summed E-state index contributed by atoms with van der Waals surface area (Å²) < 4.78 is 0. The van der Waals surface area contributed by atoms with Crippen molar-refractivity contribution in [3.8, 4) is 0 Å². The third kappa shape index (κ3) is 3.46. The van der Waals surface area contributed by atoms with Gasteiger partial charge in [0, 0.05) is 5.92 Å². The van der Waals surface area contributed by atoms with Crippen LogP contribution in [-0.2, 0) is 9.78 Å². The third-order valence-electron chi connectivity index (χ3n) is 4.42. The van der Waals surface area contributed by atoms with Gasteiger partial charge in [0.2, 0.25) is 0 Å². The normalized spacial score (nSPS) is 32.1. The zero-order valence-corrected chi connectivity index (χ0v) is 10.6. The van der Waals surface area contributed by atoms with E-state index in [2.05, 4.69) is 6.92 Å². The van der Waals surface area contributed by atoms with Crippen LogP contribution < -0.4 is 0 Å². The van der Waals surface area contributed by atoms with E-state index < -0.39 is 0 Å². The van der Waals surface area contributed by atoms with Crippen LogP contribution in [0.15, 0.2) is 0 Å². The average Bonchev–Trinajstić information content (AvgIpc) is 2.84. The summed E-state index contributed by atoms with van der Waals surface area (Å²) in [6, 6.07) is 0. The molecule has 2 nitrogen and oxygen atoms in total. The molecule has 0 amide bonds. The van der Waals surface area contributed by atoms with Crippen molar-refractivity contribution in [1.29, 1.82) is 0 Å². The number of hydrogen-bond acceptors (Lipinski definition) is 2. The Labute approximate surface area is 99.6 Å². The molecule has 94 valence electrons. The van der Waals surface area contributed by atoms with E-state index in [-0.39, 0.29) is 0 Å². The molecule has 0 N–H and O–H groups in total. The molecule has 1 heterocycles. The van der Waals surface area contributed by atoms with Gasteiger partial charge in [0.05, 0.1) is 13.2 Å². The van der Waals surface area contributed by atoms with Crippen LogP contribution in [-0.4, -0.2) is 13.2 Å². The largest absolute Gasteiger partial charge is 0.236 e. The van der Waals surface area contributed by atoms with Gasteiger partial charge < -0.3 is 0 Å². The van der Waals surface area contributed by atoms with Gasteiger partial charge in [0.15, 0.2) is 0 Å². The van der Waals surface area contributed by atoms with E-state index >= 15 is 0 Å². The number of unbranched alkanes of at least 4 members (excludes halogenated alkanes) is 2. The van der Waals surface area contributed by atoms with Crippen LogP contribution >= 0.6 is 0 Å². The summed E-state index contributed by atoms with van der Waals surface area (Å²) in [7, 11) is 0. The average molecular weight is 226 g/mol. The molecule has 2 rings (SSSR count). The van der Waals surface area contributed by atoms with E-state index in [9.17, 15) is 0 Å². The predicted octanol–water partition coefficient (Wildman–Crippen LogP) is 3.95. The zero-order chi connectivity index (χ0) is 11.2. The lowest BCUT2D eigenvalue weighted by molar-refractivity contribution is -0.248. The fourth-order valence-corrected chi connectivity index (χ4v) is 3.22. The molecule has 1 aliphatic carbocycles. The van der Waals surface area contributed by atoms with Gasteiger partial charge in [-0.05, 0) is 24.7 Å². The van der Waals surface area contributed by atoms with Gasteiger partial charge in [-0.15, -0.1) is 0 Å². The van der Waals surface area contributed by atoms with E-state index in [1.807, 2.05) is 0 Å². The van der Waals surface area contributed by atoms with Crippen molar-refractivity contribution in [1.82, 2.24) is 0 Å². The van der Waals surface area contributed by atoms with Gasteiger partial charge in [0.25, 0.3) is 0 Å². The maximum absolute atomic E-state index is 5.02. The molecule has 16 heavy (non-hydrogen) atoms. The summed E-state index contributed by atoms with van der Waals surface area (Å²) in [5.74, 6) is 2.59. The Balaban J connectivity index is 1.62. The Kier molecular flexibility index (Phi) is 5.11. The van der Waals surface area contributed by atoms with E-state index in [0.29, 0.717) is 5.92 Å². The van der Waals surface area contributed by atoms with Gasteiger partial charge in [0.1, 0.15) is 0 Å². The first kappa shape index (κ1) is 12.4. The van der Waals surface area contributed by atoms with Crippen molar-refractivity contribution in [2.24, 2.45) is 17.8 Å². The quantitative estimate of drug-likeness (QED) is 0.522. The lowest BCUT2D eigenvalue weighted by Gasteiger charge is -2.30. The van der Waals surface area contributed by atoms with Crippen molar-refractivity contribution < 1.29 is 9.78 Å². The van der Waals surface area contributed by atoms with Crippen molar-refractivity contribution in [3.63, 3.8) is 0 Å². The molecule has 0 aromatic heterocycles. The van der Waals surface area contributed by atoms with Crippen LogP contribution in [0, 0.1) is 17.8 Å². The van der Waals surface area contributed by atoms with E-state index in [4.69, 9.17) is 9.78 Å². The van der Waals surface area contributed by atoms with E-state index in [1.165, 1.54) is 51.4 Å². The number of hydrogen-bond donors (Lipinski definition) is 0. The second-order valence-electron chi connectivity index (χ2n) is 5.61. The van der Waals surface area contributed by atoms with E-state index in [1.54, 1.807) is 0 Å².